The highest BCUT2D eigenvalue weighted by Crippen LogP contribution is 2.57. The van der Waals surface area contributed by atoms with Crippen LogP contribution in [0.5, 0.6) is 0 Å². The molecule has 2 aliphatic carbocycles. The van der Waals surface area contributed by atoms with Crippen molar-refractivity contribution in [3.8, 4) is 86.5 Å². The fourth-order valence-electron chi connectivity index (χ4n) is 15.0. The number of aromatic nitrogens is 3. The topological polar surface area (TPSA) is 45.2 Å². The van der Waals surface area contributed by atoms with Crippen LogP contribution in [0.25, 0.3) is 97.7 Å². The van der Waals surface area contributed by atoms with Crippen LogP contribution in [0.4, 0.5) is 34.1 Å². The van der Waals surface area contributed by atoms with Gasteiger partial charge in [-0.15, -0.1) is 22.7 Å². The van der Waals surface area contributed by atoms with Crippen molar-refractivity contribution in [3.05, 3.63) is 308 Å². The van der Waals surface area contributed by atoms with Crippen LogP contribution >= 0.6 is 22.7 Å². The van der Waals surface area contributed by atoms with Crippen LogP contribution in [0.1, 0.15) is 75.6 Å². The number of anilines is 6. The summed E-state index contributed by atoms with van der Waals surface area (Å²) in [5, 5.41) is 0. The van der Waals surface area contributed by atoms with Crippen molar-refractivity contribution in [1.82, 2.24) is 15.0 Å². The van der Waals surface area contributed by atoms with Crippen molar-refractivity contribution in [3.63, 3.8) is 0 Å². The highest BCUT2D eigenvalue weighted by atomic mass is 32.1. The Morgan fingerprint density at radius 3 is 1.00 bits per heavy atom. The zero-order chi connectivity index (χ0) is 61.9. The summed E-state index contributed by atoms with van der Waals surface area (Å²) in [6.07, 6.45) is 5.84. The molecular formula is C85H67N5S2. The van der Waals surface area contributed by atoms with Gasteiger partial charge in [0.05, 0.1) is 11.4 Å². The summed E-state index contributed by atoms with van der Waals surface area (Å²) >= 11 is 3.70. The Bertz CT molecular complexity index is 4630. The largest absolute Gasteiger partial charge is 0.310 e. The second kappa shape index (κ2) is 23.5. The molecule has 0 N–H and O–H groups in total. The van der Waals surface area contributed by atoms with Gasteiger partial charge < -0.3 is 9.80 Å². The minimum Gasteiger partial charge on any atom is -0.310 e. The minimum atomic E-state index is -0.110. The molecule has 7 heteroatoms. The van der Waals surface area contributed by atoms with Gasteiger partial charge in [-0.25, -0.2) is 15.0 Å². The Morgan fingerprint density at radius 2 is 0.620 bits per heavy atom. The van der Waals surface area contributed by atoms with Gasteiger partial charge in [-0.05, 0) is 214 Å². The number of nitrogens with zero attached hydrogens (tertiary/aromatic N) is 5. The van der Waals surface area contributed by atoms with Gasteiger partial charge in [-0.1, -0.05) is 185 Å². The first-order chi connectivity index (χ1) is 45.3. The molecule has 0 atom stereocenters. The highest BCUT2D eigenvalue weighted by molar-refractivity contribution is 7.19. The molecule has 2 aliphatic rings. The van der Waals surface area contributed by atoms with Gasteiger partial charge in [0.2, 0.25) is 0 Å². The standard InChI is InChI=1S/C85H67N5S2/c1-5-84(6-2)72-52-60(39-43-68(72)70-45-41-66(54-74(70)84)89(62-22-13-9-14-23-62)63-24-15-10-16-25-63)79-49-47-77(91-79)56-31-35-58(36-32-56)81-82(88-83-76(87-81)30-21-51-86-83)59-37-33-57(34-38-59)78-48-50-80(92-78)61-40-44-69-71-46-42-67(55-75(71)85(7-3,8-4)73(69)53-61)90(64-26-17-11-18-27-64)65-28-19-12-20-29-65/h9-55H,5-8H2,1-4H3. The average molecular weight is 1220 g/mol. The first-order valence-electron chi connectivity index (χ1n) is 32.3. The number of fused-ring (bicyclic) bond motifs is 7. The maximum Gasteiger partial charge on any atom is 0.178 e. The molecule has 0 saturated carbocycles. The number of benzene rings is 10. The lowest BCUT2D eigenvalue weighted by Crippen LogP contribution is -2.23. The number of para-hydroxylation sites is 4. The summed E-state index contributed by atoms with van der Waals surface area (Å²) in [7, 11) is 0. The molecule has 0 unspecified atom stereocenters. The summed E-state index contributed by atoms with van der Waals surface area (Å²) in [6.45, 7) is 9.44. The molecule has 0 spiro atoms. The third-order valence-electron chi connectivity index (χ3n) is 19.8. The van der Waals surface area contributed by atoms with Gasteiger partial charge >= 0.3 is 0 Å². The first-order valence-corrected chi connectivity index (χ1v) is 33.9. The van der Waals surface area contributed by atoms with Gasteiger partial charge in [0.15, 0.2) is 5.65 Å². The van der Waals surface area contributed by atoms with Crippen molar-refractivity contribution in [2.75, 3.05) is 9.80 Å². The van der Waals surface area contributed by atoms with E-state index in [-0.39, 0.29) is 10.8 Å². The Hall–Kier alpha value is -10.3. The van der Waals surface area contributed by atoms with Gasteiger partial charge in [0, 0.05) is 81.8 Å². The molecule has 444 valence electrons. The summed E-state index contributed by atoms with van der Waals surface area (Å²) in [6, 6.07) is 102. The van der Waals surface area contributed by atoms with E-state index in [1.807, 2.05) is 34.8 Å². The molecule has 14 aromatic rings. The molecule has 0 saturated heterocycles. The number of rotatable bonds is 16. The summed E-state index contributed by atoms with van der Waals surface area (Å²) in [5.74, 6) is 0. The average Bonchev–Trinajstić information content (AvgIpc) is 1.58. The lowest BCUT2D eigenvalue weighted by molar-refractivity contribution is 0.490. The lowest BCUT2D eigenvalue weighted by atomic mass is 9.73. The number of thiophene rings is 2. The smallest absolute Gasteiger partial charge is 0.178 e. The molecular weight excluding hydrogens is 1160 g/mol. The third-order valence-corrected chi connectivity index (χ3v) is 22.2. The summed E-state index contributed by atoms with van der Waals surface area (Å²) < 4.78 is 0. The van der Waals surface area contributed by atoms with E-state index >= 15 is 0 Å². The number of pyridine rings is 1. The van der Waals surface area contributed by atoms with E-state index in [1.165, 1.54) is 97.6 Å². The zero-order valence-corrected chi connectivity index (χ0v) is 53.6. The SMILES string of the molecule is CCC1(CC)c2cc(-c3ccc(-c4ccc(-c5nc6cccnc6nc5-c5ccc(-c6ccc(-c7ccc8c(c7)C(CC)(CC)c7cc(N(c9ccccc9)c9ccccc9)ccc7-8)s6)cc5)cc4)s3)ccc2-c2ccc(N(c3ccccc3)c3ccccc3)cc21. The first kappa shape index (κ1) is 56.9. The Labute approximate surface area is 547 Å². The normalized spacial score (nSPS) is 13.1. The van der Waals surface area contributed by atoms with Crippen LogP contribution in [0.2, 0.25) is 0 Å². The summed E-state index contributed by atoms with van der Waals surface area (Å²) in [5.41, 5.74) is 27.6. The van der Waals surface area contributed by atoms with Crippen LogP contribution in [-0.4, -0.2) is 15.0 Å². The predicted molar refractivity (Wildman–Crippen MR) is 389 cm³/mol. The van der Waals surface area contributed by atoms with E-state index in [4.69, 9.17) is 9.97 Å². The van der Waals surface area contributed by atoms with E-state index in [0.29, 0.717) is 5.65 Å². The number of hydrogen-bond donors (Lipinski definition) is 0. The second-order valence-corrected chi connectivity index (χ2v) is 26.5. The Kier molecular flexibility index (Phi) is 14.5. The monoisotopic (exact) mass is 1220 g/mol. The van der Waals surface area contributed by atoms with Gasteiger partial charge in [-0.3, -0.25) is 0 Å². The maximum atomic E-state index is 5.27. The predicted octanol–water partition coefficient (Wildman–Crippen LogP) is 24.3. The van der Waals surface area contributed by atoms with Crippen molar-refractivity contribution in [1.29, 1.82) is 0 Å². The molecule has 4 heterocycles. The van der Waals surface area contributed by atoms with Gasteiger partial charge in [0.25, 0.3) is 0 Å². The molecule has 5 nitrogen and oxygen atoms in total. The fraction of sp³-hybridized carbons (Fsp3) is 0.118. The molecule has 10 aromatic carbocycles. The molecule has 0 radical (unpaired) electrons. The Balaban J connectivity index is 0.659. The highest BCUT2D eigenvalue weighted by Gasteiger charge is 2.43. The van der Waals surface area contributed by atoms with E-state index in [9.17, 15) is 0 Å². The number of hydrogen-bond acceptors (Lipinski definition) is 7. The molecule has 4 aromatic heterocycles. The van der Waals surface area contributed by atoms with Gasteiger partial charge in [-0.2, -0.15) is 0 Å². The van der Waals surface area contributed by atoms with E-state index in [2.05, 4.69) is 309 Å². The van der Waals surface area contributed by atoms with Gasteiger partial charge in [0.1, 0.15) is 5.52 Å². The molecule has 0 amide bonds. The molecule has 92 heavy (non-hydrogen) atoms. The fourth-order valence-corrected chi connectivity index (χ4v) is 17.0. The zero-order valence-electron chi connectivity index (χ0n) is 52.0. The van der Waals surface area contributed by atoms with Crippen LogP contribution in [0, 0.1) is 0 Å². The lowest BCUT2D eigenvalue weighted by Gasteiger charge is -2.32. The third kappa shape index (κ3) is 9.60. The van der Waals surface area contributed by atoms with Crippen LogP contribution in [0.3, 0.4) is 0 Å². The van der Waals surface area contributed by atoms with Crippen LogP contribution in [0.15, 0.2) is 285 Å². The van der Waals surface area contributed by atoms with Crippen molar-refractivity contribution in [2.45, 2.75) is 64.2 Å². The minimum absolute atomic E-state index is 0.109. The van der Waals surface area contributed by atoms with Crippen molar-refractivity contribution >= 4 is 68.0 Å². The van der Waals surface area contributed by atoms with Crippen molar-refractivity contribution in [2.24, 2.45) is 0 Å². The van der Waals surface area contributed by atoms with E-state index in [0.717, 1.165) is 76.5 Å². The molecule has 0 bridgehead atoms. The van der Waals surface area contributed by atoms with E-state index < -0.39 is 0 Å². The van der Waals surface area contributed by atoms with Crippen LogP contribution in [-0.2, 0) is 10.8 Å². The van der Waals surface area contributed by atoms with Crippen molar-refractivity contribution < 1.29 is 0 Å². The maximum absolute atomic E-state index is 5.27. The summed E-state index contributed by atoms with van der Waals surface area (Å²) in [4.78, 5) is 24.9. The molecule has 16 rings (SSSR count). The Morgan fingerprint density at radius 1 is 0.293 bits per heavy atom. The van der Waals surface area contributed by atoms with E-state index in [1.54, 1.807) is 6.20 Å². The second-order valence-electron chi connectivity index (χ2n) is 24.3. The molecule has 0 fully saturated rings. The quantitative estimate of drug-likeness (QED) is 0.0965. The molecule has 0 aliphatic heterocycles. The van der Waals surface area contributed by atoms with Crippen LogP contribution < -0.4 is 9.80 Å².